The number of carbonyl (C=O) groups is 1. The first-order chi connectivity index (χ1) is 14.6. The Morgan fingerprint density at radius 1 is 1.10 bits per heavy atom. The Bertz CT molecular complexity index is 916. The molecule has 0 radical (unpaired) electrons. The lowest BCUT2D eigenvalue weighted by Crippen LogP contribution is -2.61. The molecule has 0 unspecified atom stereocenters. The minimum absolute atomic E-state index is 0.0333. The zero-order valence-electron chi connectivity index (χ0n) is 17.8. The van der Waals surface area contributed by atoms with Crippen LogP contribution in [0.25, 0.3) is 0 Å². The molecule has 2 heterocycles. The lowest BCUT2D eigenvalue weighted by atomic mass is 9.64. The highest BCUT2D eigenvalue weighted by molar-refractivity contribution is 6.30. The van der Waals surface area contributed by atoms with Gasteiger partial charge in [0.05, 0.1) is 5.54 Å². The number of aryl methyl sites for hydroxylation is 1. The molecule has 6 heteroatoms. The Kier molecular flexibility index (Phi) is 5.34. The van der Waals surface area contributed by atoms with Crippen LogP contribution in [-0.4, -0.2) is 26.7 Å². The highest BCUT2D eigenvalue weighted by Crippen LogP contribution is 2.53. The summed E-state index contributed by atoms with van der Waals surface area (Å²) in [5, 5.41) is 5.69. The van der Waals surface area contributed by atoms with Gasteiger partial charge in [0.2, 0.25) is 5.95 Å². The van der Waals surface area contributed by atoms with Crippen molar-refractivity contribution in [2.75, 3.05) is 4.90 Å². The summed E-state index contributed by atoms with van der Waals surface area (Å²) < 4.78 is 2.21. The fourth-order valence-corrected chi connectivity index (χ4v) is 6.33. The molecular weight excluding hydrogens is 396 g/mol. The van der Waals surface area contributed by atoms with E-state index in [1.807, 2.05) is 17.0 Å². The molecule has 1 amide bonds. The Hall–Kier alpha value is -1.88. The predicted molar refractivity (Wildman–Crippen MR) is 119 cm³/mol. The second kappa shape index (κ2) is 7.99. The van der Waals surface area contributed by atoms with Crippen molar-refractivity contribution in [1.82, 2.24) is 14.8 Å². The fraction of sp³-hybridized carbons (Fsp3) is 0.625. The van der Waals surface area contributed by atoms with Crippen LogP contribution in [0.4, 0.5) is 5.95 Å². The molecule has 160 valence electrons. The van der Waals surface area contributed by atoms with Crippen molar-refractivity contribution in [2.45, 2.75) is 89.1 Å². The van der Waals surface area contributed by atoms with E-state index >= 15 is 0 Å². The maximum absolute atomic E-state index is 13.8. The molecule has 0 N–H and O–H groups in total. The van der Waals surface area contributed by atoms with Crippen LogP contribution in [0.1, 0.15) is 87.3 Å². The van der Waals surface area contributed by atoms with Gasteiger partial charge < -0.3 is 0 Å². The van der Waals surface area contributed by atoms with Crippen molar-refractivity contribution in [2.24, 2.45) is 5.92 Å². The number of anilines is 1. The number of carbonyl (C=O) groups excluding carboxylic acids is 1. The second-order valence-electron chi connectivity index (χ2n) is 9.29. The van der Waals surface area contributed by atoms with E-state index < -0.39 is 0 Å². The summed E-state index contributed by atoms with van der Waals surface area (Å²) in [6.07, 6.45) is 12.7. The molecule has 2 atom stereocenters. The van der Waals surface area contributed by atoms with Gasteiger partial charge in [0.25, 0.3) is 5.91 Å². The summed E-state index contributed by atoms with van der Waals surface area (Å²) in [7, 11) is 0. The molecule has 3 aliphatic rings. The average molecular weight is 427 g/mol. The zero-order chi connectivity index (χ0) is 20.7. The fourth-order valence-electron chi connectivity index (χ4n) is 6.20. The van der Waals surface area contributed by atoms with Crippen LogP contribution >= 0.6 is 11.6 Å². The van der Waals surface area contributed by atoms with Gasteiger partial charge in [0.1, 0.15) is 0 Å². The van der Waals surface area contributed by atoms with Gasteiger partial charge in [-0.15, -0.1) is 0 Å². The summed E-state index contributed by atoms with van der Waals surface area (Å²) in [5.41, 5.74) is 0.712. The van der Waals surface area contributed by atoms with Crippen LogP contribution in [-0.2, 0) is 12.0 Å². The van der Waals surface area contributed by atoms with E-state index in [1.54, 1.807) is 12.1 Å². The molecule has 1 aliphatic heterocycles. The summed E-state index contributed by atoms with van der Waals surface area (Å²) in [4.78, 5) is 20.7. The van der Waals surface area contributed by atoms with Gasteiger partial charge in [-0.3, -0.25) is 9.69 Å². The minimum atomic E-state index is 0.0333. The molecule has 2 aliphatic carbocycles. The first kappa shape index (κ1) is 20.0. The van der Waals surface area contributed by atoms with Gasteiger partial charge in [-0.25, -0.2) is 4.68 Å². The third kappa shape index (κ3) is 3.17. The van der Waals surface area contributed by atoms with Gasteiger partial charge in [-0.2, -0.15) is 10.1 Å². The lowest BCUT2D eigenvalue weighted by molar-refractivity contribution is 0.0311. The number of halogens is 1. The molecule has 2 fully saturated rings. The molecular formula is C24H31ClN4O. The Morgan fingerprint density at radius 2 is 1.83 bits per heavy atom. The van der Waals surface area contributed by atoms with E-state index in [2.05, 4.69) is 11.6 Å². The van der Waals surface area contributed by atoms with Crippen molar-refractivity contribution >= 4 is 23.5 Å². The summed E-state index contributed by atoms with van der Waals surface area (Å²) in [6, 6.07) is 7.48. The average Bonchev–Trinajstić information content (AvgIpc) is 3.20. The minimum Gasteiger partial charge on any atom is -0.273 e. The number of fused-ring (bicyclic) bond motifs is 4. The molecule has 1 aromatic carbocycles. The standard InChI is InChI=1S/C24H31ClN4O/c1-2-8-21-26-23-28(22(30)17-11-13-18(25)14-12-17)20-10-5-4-9-19(20)24(29(23)27-21)15-6-3-7-16-24/h11-14,19-20H,2-10,15-16H2,1H3/t19-,20+/m1/s1. The molecule has 30 heavy (non-hydrogen) atoms. The molecule has 5 rings (SSSR count). The number of aromatic nitrogens is 3. The molecule has 2 saturated carbocycles. The third-order valence-corrected chi connectivity index (χ3v) is 7.78. The maximum Gasteiger partial charge on any atom is 0.260 e. The van der Waals surface area contributed by atoms with E-state index in [0.717, 1.165) is 31.0 Å². The van der Waals surface area contributed by atoms with E-state index in [9.17, 15) is 4.79 Å². The van der Waals surface area contributed by atoms with E-state index in [0.29, 0.717) is 16.5 Å². The SMILES string of the molecule is CCCc1nc2n(n1)C1(CCCCC1)[C@@H]1CCCC[C@@H]1N2C(=O)c1ccc(Cl)cc1. The normalized spacial score (nSPS) is 25.1. The second-order valence-corrected chi connectivity index (χ2v) is 9.73. The molecule has 2 aromatic rings. The predicted octanol–water partition coefficient (Wildman–Crippen LogP) is 5.76. The summed E-state index contributed by atoms with van der Waals surface area (Å²) in [6.45, 7) is 2.16. The highest BCUT2D eigenvalue weighted by atomic mass is 35.5. The lowest BCUT2D eigenvalue weighted by Gasteiger charge is -2.55. The molecule has 0 bridgehead atoms. The zero-order valence-corrected chi connectivity index (χ0v) is 18.6. The van der Waals surface area contributed by atoms with Crippen molar-refractivity contribution in [3.8, 4) is 0 Å². The van der Waals surface area contributed by atoms with Crippen LogP contribution in [0, 0.1) is 5.92 Å². The van der Waals surface area contributed by atoms with Gasteiger partial charge in [0, 0.05) is 29.0 Å². The van der Waals surface area contributed by atoms with E-state index in [-0.39, 0.29) is 17.5 Å². The monoisotopic (exact) mass is 426 g/mol. The molecule has 1 spiro atoms. The van der Waals surface area contributed by atoms with Gasteiger partial charge in [-0.1, -0.05) is 50.6 Å². The summed E-state index contributed by atoms with van der Waals surface area (Å²) in [5.74, 6) is 2.16. The Labute approximate surface area is 183 Å². The third-order valence-electron chi connectivity index (χ3n) is 7.53. The number of rotatable bonds is 3. The topological polar surface area (TPSA) is 51.0 Å². The van der Waals surface area contributed by atoms with Crippen LogP contribution in [0.5, 0.6) is 0 Å². The Balaban J connectivity index is 1.65. The van der Waals surface area contributed by atoms with E-state index in [1.165, 1.54) is 51.4 Å². The van der Waals surface area contributed by atoms with Gasteiger partial charge >= 0.3 is 0 Å². The number of hydrogen-bond donors (Lipinski definition) is 0. The summed E-state index contributed by atoms with van der Waals surface area (Å²) >= 11 is 6.08. The molecule has 0 saturated heterocycles. The Morgan fingerprint density at radius 3 is 2.57 bits per heavy atom. The first-order valence-electron chi connectivity index (χ1n) is 11.7. The van der Waals surface area contributed by atoms with Crippen LogP contribution in [0.15, 0.2) is 24.3 Å². The molecule has 5 nitrogen and oxygen atoms in total. The van der Waals surface area contributed by atoms with Crippen molar-refractivity contribution in [3.63, 3.8) is 0 Å². The van der Waals surface area contributed by atoms with Crippen molar-refractivity contribution in [1.29, 1.82) is 0 Å². The largest absolute Gasteiger partial charge is 0.273 e. The van der Waals surface area contributed by atoms with Crippen molar-refractivity contribution in [3.05, 3.63) is 40.7 Å². The number of nitrogens with zero attached hydrogens (tertiary/aromatic N) is 4. The van der Waals surface area contributed by atoms with Crippen LogP contribution < -0.4 is 4.90 Å². The maximum atomic E-state index is 13.8. The number of hydrogen-bond acceptors (Lipinski definition) is 3. The smallest absolute Gasteiger partial charge is 0.260 e. The molecule has 1 aromatic heterocycles. The first-order valence-corrected chi connectivity index (χ1v) is 12.1. The van der Waals surface area contributed by atoms with Crippen LogP contribution in [0.2, 0.25) is 5.02 Å². The quantitative estimate of drug-likeness (QED) is 0.626. The highest BCUT2D eigenvalue weighted by Gasteiger charge is 2.55. The van der Waals surface area contributed by atoms with Gasteiger partial charge in [0.15, 0.2) is 5.82 Å². The number of benzene rings is 1. The van der Waals surface area contributed by atoms with Gasteiger partial charge in [-0.05, 0) is 56.4 Å². The van der Waals surface area contributed by atoms with Crippen molar-refractivity contribution < 1.29 is 4.79 Å². The van der Waals surface area contributed by atoms with Crippen LogP contribution in [0.3, 0.4) is 0 Å². The van der Waals surface area contributed by atoms with E-state index in [4.69, 9.17) is 21.7 Å². The number of amides is 1.